The maximum absolute atomic E-state index is 12.1. The Morgan fingerprint density at radius 1 is 1.65 bits per heavy atom. The number of allylic oxidation sites excluding steroid dienone is 1. The number of piperidine rings is 1. The Morgan fingerprint density at radius 3 is 3.05 bits per heavy atom. The predicted octanol–water partition coefficient (Wildman–Crippen LogP) is 1.65. The summed E-state index contributed by atoms with van der Waals surface area (Å²) < 4.78 is 1.31. The first kappa shape index (κ1) is 15.1. The van der Waals surface area contributed by atoms with Crippen LogP contribution in [-0.4, -0.2) is 28.9 Å². The normalized spacial score (nSPS) is 22.9. The molecule has 0 radical (unpaired) electrons. The zero-order chi connectivity index (χ0) is 14.7. The van der Waals surface area contributed by atoms with Gasteiger partial charge in [0.25, 0.3) is 5.56 Å². The molecule has 6 heteroatoms. The number of hydrogen-bond donors (Lipinski definition) is 1. The molecule has 2 rings (SSSR count). The van der Waals surface area contributed by atoms with Crippen LogP contribution in [0.1, 0.15) is 19.8 Å². The molecule has 2 heterocycles. The smallest absolute Gasteiger partial charge is 0.287 e. The lowest BCUT2D eigenvalue weighted by atomic mass is 9.90. The fraction of sp³-hybridized carbons (Fsp3) is 0.571. The van der Waals surface area contributed by atoms with E-state index in [9.17, 15) is 4.79 Å². The van der Waals surface area contributed by atoms with Crippen molar-refractivity contribution in [2.24, 2.45) is 11.7 Å². The SMILES string of the molecule is C=CCn1ncc(N2CCC(N)C(CC)C2)c(Cl)c1=O. The molecule has 0 amide bonds. The van der Waals surface area contributed by atoms with Crippen LogP contribution in [0.2, 0.25) is 5.02 Å². The van der Waals surface area contributed by atoms with Crippen molar-refractivity contribution in [1.29, 1.82) is 0 Å². The lowest BCUT2D eigenvalue weighted by Crippen LogP contribution is -2.47. The van der Waals surface area contributed by atoms with E-state index < -0.39 is 0 Å². The third-order valence-electron chi connectivity index (χ3n) is 3.93. The van der Waals surface area contributed by atoms with Crippen LogP contribution >= 0.6 is 11.6 Å². The Hall–Kier alpha value is -1.33. The molecular formula is C14H21ClN4O. The highest BCUT2D eigenvalue weighted by Crippen LogP contribution is 2.27. The van der Waals surface area contributed by atoms with Gasteiger partial charge in [0.1, 0.15) is 5.02 Å². The van der Waals surface area contributed by atoms with Crippen molar-refractivity contribution < 1.29 is 0 Å². The van der Waals surface area contributed by atoms with Gasteiger partial charge in [-0.3, -0.25) is 4.79 Å². The van der Waals surface area contributed by atoms with E-state index in [-0.39, 0.29) is 16.6 Å². The quantitative estimate of drug-likeness (QED) is 0.858. The van der Waals surface area contributed by atoms with Crippen molar-refractivity contribution in [2.45, 2.75) is 32.4 Å². The predicted molar refractivity (Wildman–Crippen MR) is 82.3 cm³/mol. The zero-order valence-electron chi connectivity index (χ0n) is 11.8. The van der Waals surface area contributed by atoms with Crippen LogP contribution in [0, 0.1) is 5.92 Å². The minimum absolute atomic E-state index is 0.226. The Balaban J connectivity index is 2.27. The third-order valence-corrected chi connectivity index (χ3v) is 4.28. The minimum Gasteiger partial charge on any atom is -0.368 e. The lowest BCUT2D eigenvalue weighted by Gasteiger charge is -2.38. The highest BCUT2D eigenvalue weighted by atomic mass is 35.5. The molecule has 0 saturated carbocycles. The molecule has 0 spiro atoms. The maximum Gasteiger partial charge on any atom is 0.287 e. The second-order valence-electron chi connectivity index (χ2n) is 5.19. The molecule has 110 valence electrons. The summed E-state index contributed by atoms with van der Waals surface area (Å²) in [6.07, 6.45) is 5.22. The van der Waals surface area contributed by atoms with Crippen LogP contribution in [0.15, 0.2) is 23.6 Å². The van der Waals surface area contributed by atoms with Crippen molar-refractivity contribution in [3.63, 3.8) is 0 Å². The van der Waals surface area contributed by atoms with Crippen molar-refractivity contribution in [3.8, 4) is 0 Å². The molecule has 5 nitrogen and oxygen atoms in total. The molecule has 1 aliphatic rings. The van der Waals surface area contributed by atoms with Gasteiger partial charge in [-0.2, -0.15) is 5.10 Å². The standard InChI is InChI=1S/C14H21ClN4O/c1-3-6-19-14(20)13(15)12(8-17-19)18-7-5-11(16)10(4-2)9-18/h3,8,10-11H,1,4-7,9,16H2,2H3. The molecule has 2 N–H and O–H groups in total. The van der Waals surface area contributed by atoms with E-state index in [1.54, 1.807) is 12.3 Å². The number of aromatic nitrogens is 2. The van der Waals surface area contributed by atoms with Crippen LogP contribution in [0.25, 0.3) is 0 Å². The van der Waals surface area contributed by atoms with Gasteiger partial charge in [0.15, 0.2) is 0 Å². The monoisotopic (exact) mass is 296 g/mol. The number of halogens is 1. The highest BCUT2D eigenvalue weighted by molar-refractivity contribution is 6.33. The fourth-order valence-corrected chi connectivity index (χ4v) is 2.90. The van der Waals surface area contributed by atoms with Gasteiger partial charge >= 0.3 is 0 Å². The van der Waals surface area contributed by atoms with E-state index in [0.29, 0.717) is 18.2 Å². The van der Waals surface area contributed by atoms with Gasteiger partial charge in [0, 0.05) is 19.1 Å². The second kappa shape index (κ2) is 6.41. The molecule has 1 saturated heterocycles. The number of rotatable bonds is 4. The average Bonchev–Trinajstić information content (AvgIpc) is 2.45. The Bertz CT molecular complexity index is 542. The first-order valence-corrected chi connectivity index (χ1v) is 7.33. The molecule has 0 aliphatic carbocycles. The molecule has 1 aromatic heterocycles. The Kier molecular flexibility index (Phi) is 4.83. The Morgan fingerprint density at radius 2 is 2.40 bits per heavy atom. The first-order chi connectivity index (χ1) is 9.58. The first-order valence-electron chi connectivity index (χ1n) is 6.95. The van der Waals surface area contributed by atoms with Gasteiger partial charge in [-0.1, -0.05) is 31.0 Å². The van der Waals surface area contributed by atoms with Crippen LogP contribution in [0.5, 0.6) is 0 Å². The van der Waals surface area contributed by atoms with E-state index in [2.05, 4.69) is 23.5 Å². The molecule has 0 aromatic carbocycles. The maximum atomic E-state index is 12.1. The molecule has 20 heavy (non-hydrogen) atoms. The van der Waals surface area contributed by atoms with Crippen LogP contribution in [0.4, 0.5) is 5.69 Å². The van der Waals surface area contributed by atoms with Crippen LogP contribution < -0.4 is 16.2 Å². The molecule has 1 fully saturated rings. The summed E-state index contributed by atoms with van der Waals surface area (Å²) in [5.74, 6) is 0.426. The molecule has 2 unspecified atom stereocenters. The van der Waals surface area contributed by atoms with E-state index in [1.807, 2.05) is 0 Å². The summed E-state index contributed by atoms with van der Waals surface area (Å²) in [6, 6.07) is 0.226. The van der Waals surface area contributed by atoms with Crippen LogP contribution in [0.3, 0.4) is 0 Å². The summed E-state index contributed by atoms with van der Waals surface area (Å²) in [7, 11) is 0. The van der Waals surface area contributed by atoms with E-state index in [4.69, 9.17) is 17.3 Å². The van der Waals surface area contributed by atoms with Crippen molar-refractivity contribution in [1.82, 2.24) is 9.78 Å². The number of anilines is 1. The summed E-state index contributed by atoms with van der Waals surface area (Å²) in [5, 5.41) is 4.38. The summed E-state index contributed by atoms with van der Waals surface area (Å²) in [4.78, 5) is 14.2. The molecule has 2 atom stereocenters. The largest absolute Gasteiger partial charge is 0.368 e. The molecular weight excluding hydrogens is 276 g/mol. The Labute approximate surface area is 124 Å². The molecule has 0 bridgehead atoms. The fourth-order valence-electron chi connectivity index (χ4n) is 2.63. The summed E-state index contributed by atoms with van der Waals surface area (Å²) in [6.45, 7) is 7.73. The van der Waals surface area contributed by atoms with Crippen LogP contribution in [-0.2, 0) is 6.54 Å². The van der Waals surface area contributed by atoms with Gasteiger partial charge in [0.2, 0.25) is 0 Å². The van der Waals surface area contributed by atoms with Crippen molar-refractivity contribution >= 4 is 17.3 Å². The summed E-state index contributed by atoms with van der Waals surface area (Å²) >= 11 is 6.21. The van der Waals surface area contributed by atoms with Gasteiger partial charge < -0.3 is 10.6 Å². The van der Waals surface area contributed by atoms with Gasteiger partial charge in [-0.25, -0.2) is 4.68 Å². The zero-order valence-corrected chi connectivity index (χ0v) is 12.5. The number of nitrogens with zero attached hydrogens (tertiary/aromatic N) is 3. The van der Waals surface area contributed by atoms with E-state index in [0.717, 1.165) is 25.9 Å². The second-order valence-corrected chi connectivity index (χ2v) is 5.56. The highest BCUT2D eigenvalue weighted by Gasteiger charge is 2.27. The lowest BCUT2D eigenvalue weighted by molar-refractivity contribution is 0.347. The average molecular weight is 297 g/mol. The number of hydrogen-bond acceptors (Lipinski definition) is 4. The minimum atomic E-state index is -0.271. The summed E-state index contributed by atoms with van der Waals surface area (Å²) in [5.41, 5.74) is 6.55. The van der Waals surface area contributed by atoms with Gasteiger partial charge in [-0.05, 0) is 12.3 Å². The van der Waals surface area contributed by atoms with Gasteiger partial charge in [-0.15, -0.1) is 6.58 Å². The van der Waals surface area contributed by atoms with Crippen molar-refractivity contribution in [2.75, 3.05) is 18.0 Å². The molecule has 1 aliphatic heterocycles. The topological polar surface area (TPSA) is 64.2 Å². The van der Waals surface area contributed by atoms with E-state index >= 15 is 0 Å². The van der Waals surface area contributed by atoms with Gasteiger partial charge in [0.05, 0.1) is 18.4 Å². The van der Waals surface area contributed by atoms with Crippen molar-refractivity contribution in [3.05, 3.63) is 34.2 Å². The van der Waals surface area contributed by atoms with E-state index in [1.165, 1.54) is 4.68 Å². The number of nitrogens with two attached hydrogens (primary N) is 1. The molecule has 1 aromatic rings. The third kappa shape index (κ3) is 2.88.